The molecule has 0 atom stereocenters. The minimum absolute atomic E-state index is 0.213. The van der Waals surface area contributed by atoms with E-state index >= 15 is 0 Å². The van der Waals surface area contributed by atoms with Gasteiger partial charge in [0.25, 0.3) is 5.91 Å². The van der Waals surface area contributed by atoms with E-state index in [1.54, 1.807) is 6.07 Å². The molecule has 0 unspecified atom stereocenters. The average Bonchev–Trinajstić information content (AvgIpc) is 3.09. The number of anilines is 2. The van der Waals surface area contributed by atoms with Crippen LogP contribution in [0.2, 0.25) is 5.02 Å². The van der Waals surface area contributed by atoms with E-state index in [2.05, 4.69) is 5.32 Å². The first-order chi connectivity index (χ1) is 14.5. The highest BCUT2D eigenvalue weighted by atomic mass is 35.5. The van der Waals surface area contributed by atoms with E-state index in [0.717, 1.165) is 34.0 Å². The number of benzene rings is 2. The van der Waals surface area contributed by atoms with Gasteiger partial charge in [0.2, 0.25) is 0 Å². The van der Waals surface area contributed by atoms with Crippen LogP contribution in [-0.4, -0.2) is 21.9 Å². The van der Waals surface area contributed by atoms with Crippen molar-refractivity contribution in [1.29, 1.82) is 0 Å². The number of amides is 1. The van der Waals surface area contributed by atoms with Gasteiger partial charge in [-0.3, -0.25) is 9.20 Å². The van der Waals surface area contributed by atoms with Gasteiger partial charge in [-0.25, -0.2) is 4.98 Å². The molecule has 2 aromatic carbocycles. The van der Waals surface area contributed by atoms with Crippen LogP contribution < -0.4 is 15.8 Å². The molecule has 4 rings (SSSR count). The number of ether oxygens (including phenoxy) is 1. The van der Waals surface area contributed by atoms with Gasteiger partial charge < -0.3 is 15.8 Å². The summed E-state index contributed by atoms with van der Waals surface area (Å²) in [5, 5.41) is 4.10. The van der Waals surface area contributed by atoms with Crippen LogP contribution >= 0.6 is 11.6 Å². The summed E-state index contributed by atoms with van der Waals surface area (Å²) in [5.74, 6) is 0.742. The van der Waals surface area contributed by atoms with Crippen molar-refractivity contribution in [1.82, 2.24) is 9.38 Å². The summed E-state index contributed by atoms with van der Waals surface area (Å²) in [4.78, 5) is 16.1. The van der Waals surface area contributed by atoms with Gasteiger partial charge in [-0.15, -0.1) is 0 Å². The van der Waals surface area contributed by atoms with Crippen molar-refractivity contribution in [2.24, 2.45) is 5.73 Å². The molecule has 0 bridgehead atoms. The SMILES string of the molecule is Cc1cccc(Cl)c1Nc1c(-c2ccccc2OCC(N)=O)nc2cccc(C)n12. The lowest BCUT2D eigenvalue weighted by molar-refractivity contribution is -0.119. The van der Waals surface area contributed by atoms with Crippen molar-refractivity contribution >= 4 is 34.7 Å². The van der Waals surface area contributed by atoms with Crippen LogP contribution in [0.1, 0.15) is 11.3 Å². The molecule has 152 valence electrons. The predicted octanol–water partition coefficient (Wildman–Crippen LogP) is 4.88. The maximum atomic E-state index is 11.2. The molecule has 0 radical (unpaired) electrons. The van der Waals surface area contributed by atoms with E-state index in [1.165, 1.54) is 0 Å². The van der Waals surface area contributed by atoms with Gasteiger partial charge >= 0.3 is 0 Å². The molecule has 1 amide bonds. The Morgan fingerprint density at radius 3 is 2.63 bits per heavy atom. The van der Waals surface area contributed by atoms with E-state index < -0.39 is 5.91 Å². The number of aromatic nitrogens is 2. The minimum Gasteiger partial charge on any atom is -0.483 e. The third kappa shape index (κ3) is 3.69. The molecular weight excluding hydrogens is 400 g/mol. The van der Waals surface area contributed by atoms with Crippen LogP contribution in [-0.2, 0) is 4.79 Å². The Labute approximate surface area is 179 Å². The minimum atomic E-state index is -0.541. The number of para-hydroxylation sites is 2. The predicted molar refractivity (Wildman–Crippen MR) is 120 cm³/mol. The smallest absolute Gasteiger partial charge is 0.255 e. The Hall–Kier alpha value is -3.51. The second-order valence-corrected chi connectivity index (χ2v) is 7.38. The summed E-state index contributed by atoms with van der Waals surface area (Å²) in [6.45, 7) is 3.79. The Kier molecular flexibility index (Phi) is 5.33. The molecule has 0 saturated carbocycles. The number of primary amides is 1. The first-order valence-electron chi connectivity index (χ1n) is 9.46. The Bertz CT molecular complexity index is 1230. The van der Waals surface area contributed by atoms with Crippen LogP contribution in [0.5, 0.6) is 5.75 Å². The number of hydrogen-bond acceptors (Lipinski definition) is 4. The van der Waals surface area contributed by atoms with Gasteiger partial charge in [0.15, 0.2) is 6.61 Å². The number of carbonyl (C=O) groups excluding carboxylic acids is 1. The maximum Gasteiger partial charge on any atom is 0.255 e. The number of nitrogens with two attached hydrogens (primary N) is 1. The van der Waals surface area contributed by atoms with Crippen molar-refractivity contribution in [3.8, 4) is 17.0 Å². The third-order valence-electron chi connectivity index (χ3n) is 4.82. The zero-order chi connectivity index (χ0) is 21.3. The summed E-state index contributed by atoms with van der Waals surface area (Å²) in [5.41, 5.74) is 10.3. The van der Waals surface area contributed by atoms with E-state index in [0.29, 0.717) is 16.5 Å². The van der Waals surface area contributed by atoms with Gasteiger partial charge in [0.05, 0.1) is 10.7 Å². The normalized spacial score (nSPS) is 10.9. The number of carbonyl (C=O) groups is 1. The molecule has 3 N–H and O–H groups in total. The van der Waals surface area contributed by atoms with Gasteiger partial charge in [0.1, 0.15) is 22.9 Å². The number of fused-ring (bicyclic) bond motifs is 1. The van der Waals surface area contributed by atoms with Crippen LogP contribution in [0.25, 0.3) is 16.9 Å². The molecule has 0 aliphatic heterocycles. The monoisotopic (exact) mass is 420 g/mol. The van der Waals surface area contributed by atoms with Gasteiger partial charge in [-0.2, -0.15) is 0 Å². The van der Waals surface area contributed by atoms with Gasteiger partial charge in [-0.1, -0.05) is 41.9 Å². The summed E-state index contributed by atoms with van der Waals surface area (Å²) in [7, 11) is 0. The quantitative estimate of drug-likeness (QED) is 0.465. The number of nitrogens with zero attached hydrogens (tertiary/aromatic N) is 2. The highest BCUT2D eigenvalue weighted by Gasteiger charge is 2.20. The summed E-state index contributed by atoms with van der Waals surface area (Å²) < 4.78 is 7.68. The second-order valence-electron chi connectivity index (χ2n) is 6.98. The highest BCUT2D eigenvalue weighted by Crippen LogP contribution is 2.39. The standard InChI is InChI=1S/C23H21ClN4O2/c1-14-7-5-10-17(24)21(14)27-23-22(26-20-12-6-8-15(2)28(20)23)16-9-3-4-11-18(16)30-13-19(25)29/h3-12,27H,13H2,1-2H3,(H2,25,29). The largest absolute Gasteiger partial charge is 0.483 e. The molecule has 6 nitrogen and oxygen atoms in total. The molecule has 2 aromatic heterocycles. The summed E-state index contributed by atoms with van der Waals surface area (Å²) in [6.07, 6.45) is 0. The Morgan fingerprint density at radius 1 is 1.10 bits per heavy atom. The molecule has 0 aliphatic carbocycles. The number of halogens is 1. The summed E-state index contributed by atoms with van der Waals surface area (Å²) >= 11 is 6.48. The molecule has 4 aromatic rings. The van der Waals surface area contributed by atoms with E-state index in [4.69, 9.17) is 27.1 Å². The van der Waals surface area contributed by atoms with Crippen LogP contribution in [0.15, 0.2) is 60.7 Å². The lowest BCUT2D eigenvalue weighted by Gasteiger charge is -2.15. The number of imidazole rings is 1. The van der Waals surface area contributed by atoms with E-state index in [1.807, 2.05) is 72.8 Å². The number of aryl methyl sites for hydroxylation is 2. The molecule has 0 fully saturated rings. The van der Waals surface area contributed by atoms with Crippen molar-refractivity contribution < 1.29 is 9.53 Å². The number of rotatable bonds is 6. The third-order valence-corrected chi connectivity index (χ3v) is 5.13. The number of nitrogens with one attached hydrogen (secondary N) is 1. The topological polar surface area (TPSA) is 81.6 Å². The van der Waals surface area contributed by atoms with Gasteiger partial charge in [0, 0.05) is 11.3 Å². The maximum absolute atomic E-state index is 11.2. The number of pyridine rings is 1. The number of hydrogen-bond donors (Lipinski definition) is 2. The Balaban J connectivity index is 1.93. The van der Waals surface area contributed by atoms with E-state index in [-0.39, 0.29) is 6.61 Å². The average molecular weight is 421 g/mol. The zero-order valence-electron chi connectivity index (χ0n) is 16.6. The summed E-state index contributed by atoms with van der Waals surface area (Å²) in [6, 6.07) is 19.1. The van der Waals surface area contributed by atoms with Crippen molar-refractivity contribution in [2.45, 2.75) is 13.8 Å². The van der Waals surface area contributed by atoms with Gasteiger partial charge in [-0.05, 0) is 49.7 Å². The van der Waals surface area contributed by atoms with Crippen molar-refractivity contribution in [3.63, 3.8) is 0 Å². The fourth-order valence-electron chi connectivity index (χ4n) is 3.40. The van der Waals surface area contributed by atoms with Crippen molar-refractivity contribution in [3.05, 3.63) is 76.9 Å². The van der Waals surface area contributed by atoms with Crippen LogP contribution in [0.4, 0.5) is 11.5 Å². The Morgan fingerprint density at radius 2 is 1.87 bits per heavy atom. The van der Waals surface area contributed by atoms with Crippen LogP contribution in [0.3, 0.4) is 0 Å². The molecule has 7 heteroatoms. The fraction of sp³-hybridized carbons (Fsp3) is 0.130. The van der Waals surface area contributed by atoms with Crippen LogP contribution in [0, 0.1) is 13.8 Å². The molecule has 0 spiro atoms. The fourth-order valence-corrected chi connectivity index (χ4v) is 3.67. The van der Waals surface area contributed by atoms with E-state index in [9.17, 15) is 4.79 Å². The zero-order valence-corrected chi connectivity index (χ0v) is 17.4. The first kappa shape index (κ1) is 19.8. The molecule has 2 heterocycles. The lowest BCUT2D eigenvalue weighted by atomic mass is 10.1. The first-order valence-corrected chi connectivity index (χ1v) is 9.84. The molecule has 0 saturated heterocycles. The lowest BCUT2D eigenvalue weighted by Crippen LogP contribution is -2.20. The highest BCUT2D eigenvalue weighted by molar-refractivity contribution is 6.33. The molecule has 0 aliphatic rings. The second kappa shape index (κ2) is 8.08. The molecule has 30 heavy (non-hydrogen) atoms. The van der Waals surface area contributed by atoms with Crippen molar-refractivity contribution in [2.75, 3.05) is 11.9 Å². The molecular formula is C23H21ClN4O2.